The average molecular weight is 343 g/mol. The number of methoxy groups -OCH3 is 1. The van der Waals surface area contributed by atoms with Crippen molar-refractivity contribution in [2.45, 2.75) is 56.7 Å². The molecule has 0 saturated heterocycles. The minimum absolute atomic E-state index is 0.471. The van der Waals surface area contributed by atoms with Gasteiger partial charge in [0, 0.05) is 6.42 Å². The molecule has 0 aliphatic heterocycles. The maximum atomic E-state index is 10.7. The Balaban J connectivity index is 2.06. The molecule has 2 N–H and O–H groups in total. The summed E-state index contributed by atoms with van der Waals surface area (Å²) in [7, 11) is 1.63. The quantitative estimate of drug-likeness (QED) is 0.824. The van der Waals surface area contributed by atoms with Gasteiger partial charge in [0.15, 0.2) is 0 Å². The van der Waals surface area contributed by atoms with E-state index >= 15 is 0 Å². The molecule has 0 aromatic heterocycles. The van der Waals surface area contributed by atoms with E-state index in [0.717, 1.165) is 41.5 Å². The normalized spacial score (nSPS) is 20.2. The van der Waals surface area contributed by atoms with Crippen LogP contribution in [0.15, 0.2) is 22.7 Å². The smallest absolute Gasteiger partial charge is 0.133 e. The first-order valence-corrected chi connectivity index (χ1v) is 8.07. The van der Waals surface area contributed by atoms with Gasteiger partial charge in [-0.3, -0.25) is 0 Å². The number of rotatable bonds is 4. The SMILES string of the molecule is COc1ccc(CC(O)C2(O)CCCCCC2)cc1Br. The van der Waals surface area contributed by atoms with Crippen LogP contribution in [0.25, 0.3) is 0 Å². The summed E-state index contributed by atoms with van der Waals surface area (Å²) in [6, 6.07) is 5.76. The fourth-order valence-corrected chi connectivity index (χ4v) is 3.51. The van der Waals surface area contributed by atoms with Gasteiger partial charge in [-0.05, 0) is 46.5 Å². The molecule has 1 fully saturated rings. The van der Waals surface area contributed by atoms with E-state index in [9.17, 15) is 10.2 Å². The number of aliphatic hydroxyl groups excluding tert-OH is 1. The fourth-order valence-electron chi connectivity index (χ4n) is 2.92. The van der Waals surface area contributed by atoms with Crippen LogP contribution in [-0.2, 0) is 6.42 Å². The Morgan fingerprint density at radius 3 is 2.45 bits per heavy atom. The second-order valence-corrected chi connectivity index (χ2v) is 6.56. The van der Waals surface area contributed by atoms with Crippen LogP contribution in [0.4, 0.5) is 0 Å². The number of ether oxygens (including phenoxy) is 1. The first-order chi connectivity index (χ1) is 9.55. The first-order valence-electron chi connectivity index (χ1n) is 7.28. The van der Waals surface area contributed by atoms with Crippen molar-refractivity contribution >= 4 is 15.9 Å². The first kappa shape index (κ1) is 15.8. The minimum atomic E-state index is -0.928. The molecule has 0 bridgehead atoms. The van der Waals surface area contributed by atoms with Gasteiger partial charge in [-0.1, -0.05) is 31.7 Å². The molecule has 1 atom stereocenters. The van der Waals surface area contributed by atoms with Crippen molar-refractivity contribution in [3.05, 3.63) is 28.2 Å². The number of hydrogen-bond acceptors (Lipinski definition) is 3. The molecule has 1 aromatic carbocycles. The topological polar surface area (TPSA) is 49.7 Å². The minimum Gasteiger partial charge on any atom is -0.496 e. The maximum Gasteiger partial charge on any atom is 0.133 e. The van der Waals surface area contributed by atoms with E-state index in [1.54, 1.807) is 7.11 Å². The van der Waals surface area contributed by atoms with Gasteiger partial charge in [-0.25, -0.2) is 0 Å². The lowest BCUT2D eigenvalue weighted by atomic mass is 9.85. The zero-order valence-corrected chi connectivity index (χ0v) is 13.5. The number of aliphatic hydroxyl groups is 2. The summed E-state index contributed by atoms with van der Waals surface area (Å²) in [6.45, 7) is 0. The van der Waals surface area contributed by atoms with Crippen LogP contribution in [-0.4, -0.2) is 29.0 Å². The molecule has 1 aliphatic rings. The molecular formula is C16H23BrO3. The molecule has 3 nitrogen and oxygen atoms in total. The molecular weight excluding hydrogens is 320 g/mol. The molecule has 20 heavy (non-hydrogen) atoms. The van der Waals surface area contributed by atoms with E-state index in [0.29, 0.717) is 19.3 Å². The number of halogens is 1. The van der Waals surface area contributed by atoms with Crippen LogP contribution in [0.3, 0.4) is 0 Å². The molecule has 4 heteroatoms. The van der Waals surface area contributed by atoms with Gasteiger partial charge in [-0.15, -0.1) is 0 Å². The summed E-state index contributed by atoms with van der Waals surface area (Å²) < 4.78 is 6.07. The standard InChI is InChI=1S/C16H23BrO3/c1-20-14-7-6-12(10-13(14)17)11-15(18)16(19)8-4-2-3-5-9-16/h6-7,10,15,18-19H,2-5,8-9,11H2,1H3. The molecule has 1 aliphatic carbocycles. The summed E-state index contributed by atoms with van der Waals surface area (Å²) in [5, 5.41) is 21.1. The van der Waals surface area contributed by atoms with Crippen molar-refractivity contribution in [1.29, 1.82) is 0 Å². The molecule has 0 radical (unpaired) electrons. The van der Waals surface area contributed by atoms with Crippen molar-refractivity contribution in [3.8, 4) is 5.75 Å². The van der Waals surface area contributed by atoms with E-state index in [-0.39, 0.29) is 0 Å². The molecule has 1 aromatic rings. The zero-order chi connectivity index (χ0) is 14.6. The highest BCUT2D eigenvalue weighted by Crippen LogP contribution is 2.32. The molecule has 1 saturated carbocycles. The largest absolute Gasteiger partial charge is 0.496 e. The van der Waals surface area contributed by atoms with Gasteiger partial charge in [0.1, 0.15) is 5.75 Å². The van der Waals surface area contributed by atoms with Gasteiger partial charge < -0.3 is 14.9 Å². The number of benzene rings is 1. The third-order valence-corrected chi connectivity index (χ3v) is 4.85. The van der Waals surface area contributed by atoms with Crippen LogP contribution in [0, 0.1) is 0 Å². The van der Waals surface area contributed by atoms with Crippen LogP contribution in [0.2, 0.25) is 0 Å². The van der Waals surface area contributed by atoms with Gasteiger partial charge in [0.25, 0.3) is 0 Å². The third-order valence-electron chi connectivity index (χ3n) is 4.23. The Morgan fingerprint density at radius 1 is 1.25 bits per heavy atom. The Hall–Kier alpha value is -0.580. The van der Waals surface area contributed by atoms with E-state index in [2.05, 4.69) is 15.9 Å². The fraction of sp³-hybridized carbons (Fsp3) is 0.625. The second kappa shape index (κ2) is 6.92. The lowest BCUT2D eigenvalue weighted by molar-refractivity contribution is -0.0836. The van der Waals surface area contributed by atoms with Crippen molar-refractivity contribution in [1.82, 2.24) is 0 Å². The number of hydrogen-bond donors (Lipinski definition) is 2. The Labute approximate surface area is 129 Å². The highest BCUT2D eigenvalue weighted by Gasteiger charge is 2.35. The average Bonchev–Trinajstić information content (AvgIpc) is 2.65. The molecule has 0 heterocycles. The van der Waals surface area contributed by atoms with Crippen LogP contribution < -0.4 is 4.74 Å². The van der Waals surface area contributed by atoms with Gasteiger partial charge in [0.2, 0.25) is 0 Å². The molecule has 2 rings (SSSR count). The van der Waals surface area contributed by atoms with Crippen LogP contribution in [0.5, 0.6) is 5.75 Å². The van der Waals surface area contributed by atoms with E-state index in [1.807, 2.05) is 18.2 Å². The van der Waals surface area contributed by atoms with E-state index < -0.39 is 11.7 Å². The summed E-state index contributed by atoms with van der Waals surface area (Å²) in [5.41, 5.74) is 0.0750. The van der Waals surface area contributed by atoms with Crippen molar-refractivity contribution in [2.75, 3.05) is 7.11 Å². The maximum absolute atomic E-state index is 10.7. The van der Waals surface area contributed by atoms with Crippen LogP contribution in [0.1, 0.15) is 44.1 Å². The predicted octanol–water partition coefficient (Wildman–Crippen LogP) is 3.45. The summed E-state index contributed by atoms with van der Waals surface area (Å²) >= 11 is 3.45. The van der Waals surface area contributed by atoms with Crippen LogP contribution >= 0.6 is 15.9 Å². The molecule has 112 valence electrons. The lowest BCUT2D eigenvalue weighted by Gasteiger charge is -2.32. The highest BCUT2D eigenvalue weighted by atomic mass is 79.9. The zero-order valence-electron chi connectivity index (χ0n) is 11.9. The lowest BCUT2D eigenvalue weighted by Crippen LogP contribution is -2.43. The monoisotopic (exact) mass is 342 g/mol. The molecule has 0 amide bonds. The van der Waals surface area contributed by atoms with Crippen molar-refractivity contribution in [2.24, 2.45) is 0 Å². The Kier molecular flexibility index (Phi) is 5.47. The van der Waals surface area contributed by atoms with Gasteiger partial charge in [0.05, 0.1) is 23.3 Å². The Morgan fingerprint density at radius 2 is 1.90 bits per heavy atom. The second-order valence-electron chi connectivity index (χ2n) is 5.71. The summed E-state index contributed by atoms with van der Waals surface area (Å²) in [6.07, 6.45) is 5.48. The highest BCUT2D eigenvalue weighted by molar-refractivity contribution is 9.10. The van der Waals surface area contributed by atoms with E-state index in [1.165, 1.54) is 0 Å². The Bertz CT molecular complexity index is 439. The third kappa shape index (κ3) is 3.74. The summed E-state index contributed by atoms with van der Waals surface area (Å²) in [5.74, 6) is 0.774. The molecule has 0 spiro atoms. The van der Waals surface area contributed by atoms with Crippen molar-refractivity contribution < 1.29 is 14.9 Å². The van der Waals surface area contributed by atoms with E-state index in [4.69, 9.17) is 4.74 Å². The van der Waals surface area contributed by atoms with Gasteiger partial charge in [-0.2, -0.15) is 0 Å². The van der Waals surface area contributed by atoms with Crippen molar-refractivity contribution in [3.63, 3.8) is 0 Å². The predicted molar refractivity (Wildman–Crippen MR) is 83.1 cm³/mol. The van der Waals surface area contributed by atoms with Gasteiger partial charge >= 0.3 is 0 Å². The summed E-state index contributed by atoms with van der Waals surface area (Å²) in [4.78, 5) is 0. The molecule has 1 unspecified atom stereocenters.